The van der Waals surface area contributed by atoms with Crippen molar-refractivity contribution in [1.29, 1.82) is 5.26 Å². The van der Waals surface area contributed by atoms with Crippen molar-refractivity contribution >= 4 is 22.5 Å². The smallest absolute Gasteiger partial charge is 0.382 e. The highest BCUT2D eigenvalue weighted by molar-refractivity contribution is 5.97. The van der Waals surface area contributed by atoms with Crippen LogP contribution in [0.15, 0.2) is 42.6 Å². The van der Waals surface area contributed by atoms with E-state index < -0.39 is 17.3 Å². The van der Waals surface area contributed by atoms with Crippen LogP contribution in [-0.4, -0.2) is 28.2 Å². The number of H-pyrrole nitrogens is 1. The van der Waals surface area contributed by atoms with E-state index in [1.54, 1.807) is 24.4 Å². The normalized spacial score (nSPS) is 19.0. The zero-order valence-corrected chi connectivity index (χ0v) is 16.5. The van der Waals surface area contributed by atoms with E-state index in [-0.39, 0.29) is 18.0 Å². The maximum absolute atomic E-state index is 13.1. The zero-order valence-electron chi connectivity index (χ0n) is 16.5. The topological polar surface area (TPSA) is 93.6 Å². The van der Waals surface area contributed by atoms with Crippen LogP contribution in [0.4, 0.5) is 18.9 Å². The van der Waals surface area contributed by atoms with E-state index in [4.69, 9.17) is 5.26 Å². The Morgan fingerprint density at radius 2 is 1.84 bits per heavy atom. The van der Waals surface area contributed by atoms with Gasteiger partial charge in [0.25, 0.3) is 5.91 Å². The van der Waals surface area contributed by atoms with Gasteiger partial charge in [0.05, 0.1) is 28.9 Å². The number of hydrogen-bond donors (Lipinski definition) is 3. The Labute approximate surface area is 176 Å². The molecule has 31 heavy (non-hydrogen) atoms. The molecule has 1 fully saturated rings. The van der Waals surface area contributed by atoms with Crippen LogP contribution < -0.4 is 10.6 Å². The molecule has 0 bridgehead atoms. The van der Waals surface area contributed by atoms with Crippen molar-refractivity contribution in [2.45, 2.75) is 43.9 Å². The van der Waals surface area contributed by atoms with Crippen LogP contribution in [0.5, 0.6) is 0 Å². The molecule has 0 spiro atoms. The van der Waals surface area contributed by atoms with Crippen molar-refractivity contribution < 1.29 is 18.0 Å². The summed E-state index contributed by atoms with van der Waals surface area (Å²) in [6, 6.07) is 10.6. The summed E-state index contributed by atoms with van der Waals surface area (Å²) in [5, 5.41) is 22.8. The van der Waals surface area contributed by atoms with Gasteiger partial charge in [-0.05, 0) is 56.0 Å². The number of anilines is 1. The lowest BCUT2D eigenvalue weighted by atomic mass is 9.90. The van der Waals surface area contributed by atoms with Crippen molar-refractivity contribution in [2.24, 2.45) is 0 Å². The highest BCUT2D eigenvalue weighted by atomic mass is 19.4. The second kappa shape index (κ2) is 8.30. The van der Waals surface area contributed by atoms with Crippen LogP contribution in [0, 0.1) is 11.3 Å². The number of benzene rings is 2. The molecule has 1 heterocycles. The Balaban J connectivity index is 1.33. The third-order valence-electron chi connectivity index (χ3n) is 5.58. The van der Waals surface area contributed by atoms with E-state index >= 15 is 0 Å². The summed E-state index contributed by atoms with van der Waals surface area (Å²) in [5.41, 5.74) is 0.357. The molecule has 1 aromatic heterocycles. The lowest BCUT2D eigenvalue weighted by Crippen LogP contribution is -2.40. The molecule has 9 heteroatoms. The summed E-state index contributed by atoms with van der Waals surface area (Å²) in [6.45, 7) is 0. The van der Waals surface area contributed by atoms with Crippen molar-refractivity contribution in [3.8, 4) is 6.07 Å². The molecule has 0 atom stereocenters. The van der Waals surface area contributed by atoms with Crippen LogP contribution >= 0.6 is 0 Å². The molecule has 4 rings (SSSR count). The number of hydrogen-bond acceptors (Lipinski definition) is 4. The number of aromatic amines is 1. The van der Waals surface area contributed by atoms with E-state index in [0.29, 0.717) is 24.1 Å². The Kier molecular flexibility index (Phi) is 5.55. The Morgan fingerprint density at radius 3 is 2.55 bits per heavy atom. The first-order chi connectivity index (χ1) is 14.8. The molecule has 1 amide bonds. The predicted octanol–water partition coefficient (Wildman–Crippen LogP) is 4.61. The maximum atomic E-state index is 13.1. The van der Waals surface area contributed by atoms with E-state index in [9.17, 15) is 18.0 Å². The SMILES string of the molecule is N#Cc1ccc(N[C@H]2CC[C@@H](NC(=O)c3ccc4cn[nH]c4c3)CC2)cc1C(F)(F)F. The third-order valence-corrected chi connectivity index (χ3v) is 5.58. The van der Waals surface area contributed by atoms with Crippen LogP contribution in [0.3, 0.4) is 0 Å². The highest BCUT2D eigenvalue weighted by Gasteiger charge is 2.34. The monoisotopic (exact) mass is 427 g/mol. The van der Waals surface area contributed by atoms with Gasteiger partial charge in [-0.25, -0.2) is 0 Å². The number of fused-ring (bicyclic) bond motifs is 1. The molecule has 2 aromatic carbocycles. The van der Waals surface area contributed by atoms with Crippen molar-refractivity contribution in [3.63, 3.8) is 0 Å². The second-order valence-electron chi connectivity index (χ2n) is 7.71. The number of carbonyl (C=O) groups excluding carboxylic acids is 1. The zero-order chi connectivity index (χ0) is 22.0. The molecule has 0 saturated heterocycles. The number of aromatic nitrogens is 2. The molecular weight excluding hydrogens is 407 g/mol. The average molecular weight is 427 g/mol. The fraction of sp³-hybridized carbons (Fsp3) is 0.318. The first-order valence-electron chi connectivity index (χ1n) is 9.95. The number of alkyl halides is 3. The van der Waals surface area contributed by atoms with Gasteiger partial charge in [-0.2, -0.15) is 23.5 Å². The summed E-state index contributed by atoms with van der Waals surface area (Å²) in [6.07, 6.45) is -0.0191. The van der Waals surface area contributed by atoms with Gasteiger partial charge in [0.1, 0.15) is 0 Å². The summed E-state index contributed by atoms with van der Waals surface area (Å²) >= 11 is 0. The Bertz CT molecular complexity index is 1140. The number of nitriles is 1. The molecule has 160 valence electrons. The van der Waals surface area contributed by atoms with Gasteiger partial charge in [0.15, 0.2) is 0 Å². The molecule has 3 aromatic rings. The summed E-state index contributed by atoms with van der Waals surface area (Å²) < 4.78 is 39.4. The van der Waals surface area contributed by atoms with Crippen molar-refractivity contribution in [2.75, 3.05) is 5.32 Å². The van der Waals surface area contributed by atoms with Gasteiger partial charge in [-0.15, -0.1) is 0 Å². The van der Waals surface area contributed by atoms with E-state index in [0.717, 1.165) is 29.8 Å². The standard InChI is InChI=1S/C22H20F3N5O/c23-22(24,25)19-10-18(4-3-14(19)11-26)28-16-5-7-17(8-6-16)29-21(31)13-1-2-15-12-27-30-20(15)9-13/h1-4,9-10,12,16-17,28H,5-8H2,(H,27,30)(H,29,31)/t16-,17+. The number of nitrogens with one attached hydrogen (secondary N) is 3. The molecule has 3 N–H and O–H groups in total. The summed E-state index contributed by atoms with van der Waals surface area (Å²) in [7, 11) is 0. The quantitative estimate of drug-likeness (QED) is 0.567. The Morgan fingerprint density at radius 1 is 1.10 bits per heavy atom. The van der Waals surface area contributed by atoms with Crippen LogP contribution in [0.2, 0.25) is 0 Å². The minimum Gasteiger partial charge on any atom is -0.382 e. The number of halogens is 3. The number of amides is 1. The molecule has 0 radical (unpaired) electrons. The maximum Gasteiger partial charge on any atom is 0.417 e. The summed E-state index contributed by atoms with van der Waals surface area (Å²) in [4.78, 5) is 12.5. The van der Waals surface area contributed by atoms with E-state index in [1.165, 1.54) is 12.1 Å². The van der Waals surface area contributed by atoms with E-state index in [2.05, 4.69) is 20.8 Å². The summed E-state index contributed by atoms with van der Waals surface area (Å²) in [5.74, 6) is -0.158. The fourth-order valence-corrected chi connectivity index (χ4v) is 3.93. The third kappa shape index (κ3) is 4.63. The molecular formula is C22H20F3N5O. The minimum atomic E-state index is -4.58. The molecule has 0 unspecified atom stereocenters. The first-order valence-corrected chi connectivity index (χ1v) is 9.95. The van der Waals surface area contributed by atoms with Crippen molar-refractivity contribution in [1.82, 2.24) is 15.5 Å². The van der Waals surface area contributed by atoms with Gasteiger partial charge < -0.3 is 10.6 Å². The average Bonchev–Trinajstić information content (AvgIpc) is 3.22. The van der Waals surface area contributed by atoms with Gasteiger partial charge in [-0.3, -0.25) is 9.89 Å². The Hall–Kier alpha value is -3.54. The van der Waals surface area contributed by atoms with E-state index in [1.807, 2.05) is 6.07 Å². The van der Waals surface area contributed by atoms with Gasteiger partial charge in [0.2, 0.25) is 0 Å². The largest absolute Gasteiger partial charge is 0.417 e. The van der Waals surface area contributed by atoms with Crippen LogP contribution in [0.25, 0.3) is 10.9 Å². The van der Waals surface area contributed by atoms with Gasteiger partial charge in [0, 0.05) is 28.7 Å². The fourth-order valence-electron chi connectivity index (χ4n) is 3.93. The molecule has 1 aliphatic carbocycles. The van der Waals surface area contributed by atoms with Crippen LogP contribution in [-0.2, 0) is 6.18 Å². The lowest BCUT2D eigenvalue weighted by molar-refractivity contribution is -0.137. The molecule has 6 nitrogen and oxygen atoms in total. The lowest BCUT2D eigenvalue weighted by Gasteiger charge is -2.30. The molecule has 1 saturated carbocycles. The highest BCUT2D eigenvalue weighted by Crippen LogP contribution is 2.34. The molecule has 0 aliphatic heterocycles. The minimum absolute atomic E-state index is 0.00325. The van der Waals surface area contributed by atoms with Crippen LogP contribution in [0.1, 0.15) is 47.2 Å². The number of carbonyl (C=O) groups is 1. The van der Waals surface area contributed by atoms with Gasteiger partial charge in [-0.1, -0.05) is 6.07 Å². The number of nitrogens with zero attached hydrogens (tertiary/aromatic N) is 2. The molecule has 1 aliphatic rings. The number of rotatable bonds is 4. The van der Waals surface area contributed by atoms with Crippen molar-refractivity contribution in [3.05, 3.63) is 59.3 Å². The van der Waals surface area contributed by atoms with Gasteiger partial charge >= 0.3 is 6.18 Å². The predicted molar refractivity (Wildman–Crippen MR) is 109 cm³/mol. The first kappa shape index (κ1) is 20.7. The second-order valence-corrected chi connectivity index (χ2v) is 7.71.